The molecule has 0 saturated heterocycles. The Kier molecular flexibility index (Phi) is 5.01. The maximum absolute atomic E-state index is 14.1. The van der Waals surface area contributed by atoms with Crippen LogP contribution in [0.15, 0.2) is 33.5 Å². The van der Waals surface area contributed by atoms with Crippen LogP contribution in [0.1, 0.15) is 17.5 Å². The van der Waals surface area contributed by atoms with Crippen molar-refractivity contribution in [2.24, 2.45) is 22.6 Å². The number of hydrogen-bond acceptors (Lipinski definition) is 10. The third kappa shape index (κ3) is 2.58. The lowest BCUT2D eigenvalue weighted by molar-refractivity contribution is -0.139. The van der Waals surface area contributed by atoms with E-state index in [0.29, 0.717) is 10.0 Å². The fraction of sp³-hybridized carbons (Fsp3) is 0.364. The number of aliphatic hydroxyl groups is 2. The molecule has 1 aromatic carbocycles. The smallest absolute Gasteiger partial charge is 0.255 e. The average molecular weight is 532 g/mol. The van der Waals surface area contributed by atoms with Crippen molar-refractivity contribution in [1.29, 1.82) is 5.26 Å². The number of halogens is 1. The number of hydrogen-bond donors (Lipinski definition) is 6. The van der Waals surface area contributed by atoms with Crippen molar-refractivity contribution in [2.45, 2.75) is 30.0 Å². The zero-order valence-corrected chi connectivity index (χ0v) is 19.8. The molecule has 11 nitrogen and oxygen atoms in total. The van der Waals surface area contributed by atoms with E-state index >= 15 is 0 Å². The number of rotatable bonds is 2. The lowest BCUT2D eigenvalue weighted by Gasteiger charge is -2.58. The molecule has 0 aliphatic heterocycles. The quantitative estimate of drug-likeness (QED) is 0.273. The summed E-state index contributed by atoms with van der Waals surface area (Å²) in [4.78, 5) is 40.8. The van der Waals surface area contributed by atoms with Crippen LogP contribution in [0.5, 0.6) is 5.75 Å². The molecule has 0 aromatic heterocycles. The number of nitrogens with zero attached hydrogens (tertiary/aromatic N) is 2. The molecule has 0 spiro atoms. The van der Waals surface area contributed by atoms with E-state index in [0.717, 1.165) is 0 Å². The van der Waals surface area contributed by atoms with Gasteiger partial charge in [0.2, 0.25) is 0 Å². The molecule has 178 valence electrons. The number of benzene rings is 1. The summed E-state index contributed by atoms with van der Waals surface area (Å²) < 4.78 is 0.494. The molecule has 1 amide bonds. The molecule has 34 heavy (non-hydrogen) atoms. The van der Waals surface area contributed by atoms with Crippen LogP contribution in [0.25, 0.3) is 5.76 Å². The van der Waals surface area contributed by atoms with Crippen molar-refractivity contribution in [3.63, 3.8) is 0 Å². The van der Waals surface area contributed by atoms with Gasteiger partial charge in [0, 0.05) is 4.47 Å². The number of carbonyl (C=O) groups is 3. The van der Waals surface area contributed by atoms with Gasteiger partial charge in [0.25, 0.3) is 5.91 Å². The molecule has 12 heteroatoms. The number of ketones is 2. The van der Waals surface area contributed by atoms with Crippen molar-refractivity contribution >= 4 is 39.2 Å². The van der Waals surface area contributed by atoms with Crippen LogP contribution in [-0.4, -0.2) is 68.9 Å². The lowest BCUT2D eigenvalue weighted by Crippen LogP contribution is -2.80. The second-order valence-corrected chi connectivity index (χ2v) is 10.1. The molecule has 1 fully saturated rings. The normalized spacial score (nSPS) is 32.8. The van der Waals surface area contributed by atoms with E-state index in [1.165, 1.54) is 25.1 Å². The van der Waals surface area contributed by atoms with E-state index < -0.39 is 69.1 Å². The zero-order valence-electron chi connectivity index (χ0n) is 18.2. The summed E-state index contributed by atoms with van der Waals surface area (Å²) >= 11 is 3.35. The SMILES string of the molecule is CN(C)[C@@H]1C(=O)C(C(N)=O)=C(O)[C@@]2(C#N)C(=O)C3=C(O)c4c(O)ccc(Br)c4C[C@@]3(N)C[C@@]12N. The number of amides is 1. The predicted octanol–water partition coefficient (Wildman–Crippen LogP) is -0.332. The van der Waals surface area contributed by atoms with Crippen molar-refractivity contribution in [2.75, 3.05) is 14.1 Å². The van der Waals surface area contributed by atoms with Crippen LogP contribution in [0.2, 0.25) is 0 Å². The van der Waals surface area contributed by atoms with Crippen molar-refractivity contribution in [1.82, 2.24) is 4.90 Å². The van der Waals surface area contributed by atoms with Crippen LogP contribution >= 0.6 is 15.9 Å². The molecule has 4 rings (SSSR count). The van der Waals surface area contributed by atoms with E-state index in [1.54, 1.807) is 12.1 Å². The Balaban J connectivity index is 2.15. The van der Waals surface area contributed by atoms with E-state index in [-0.39, 0.29) is 17.7 Å². The number of Topliss-reactive ketones (excluding diaryl/α,β-unsaturated/α-hetero) is 2. The average Bonchev–Trinajstić information content (AvgIpc) is 2.69. The second kappa shape index (κ2) is 7.13. The first-order valence-corrected chi connectivity index (χ1v) is 10.9. The highest BCUT2D eigenvalue weighted by molar-refractivity contribution is 9.10. The van der Waals surface area contributed by atoms with Crippen molar-refractivity contribution in [3.05, 3.63) is 44.6 Å². The van der Waals surface area contributed by atoms with E-state index in [9.17, 15) is 35.0 Å². The minimum absolute atomic E-state index is 0.0638. The number of nitriles is 1. The van der Waals surface area contributed by atoms with Gasteiger partial charge in [0.1, 0.15) is 22.8 Å². The Hall–Kier alpha value is -3.24. The van der Waals surface area contributed by atoms with Gasteiger partial charge in [-0.25, -0.2) is 0 Å². The first-order valence-electron chi connectivity index (χ1n) is 10.1. The largest absolute Gasteiger partial charge is 0.509 e. The summed E-state index contributed by atoms with van der Waals surface area (Å²) in [6, 6.07) is 3.13. The van der Waals surface area contributed by atoms with Crippen LogP contribution in [0, 0.1) is 16.7 Å². The summed E-state index contributed by atoms with van der Waals surface area (Å²) in [5.41, 5.74) is 11.3. The Morgan fingerprint density at radius 2 is 1.85 bits per heavy atom. The van der Waals surface area contributed by atoms with Gasteiger partial charge in [0.15, 0.2) is 17.0 Å². The third-order valence-electron chi connectivity index (χ3n) is 7.08. The minimum atomic E-state index is -2.66. The lowest BCUT2D eigenvalue weighted by atomic mass is 9.47. The Bertz CT molecular complexity index is 1310. The highest BCUT2D eigenvalue weighted by Gasteiger charge is 2.74. The van der Waals surface area contributed by atoms with Gasteiger partial charge in [-0.2, -0.15) is 5.26 Å². The fourth-order valence-electron chi connectivity index (χ4n) is 5.80. The summed E-state index contributed by atoms with van der Waals surface area (Å²) in [6.07, 6.45) is -0.505. The number of fused-ring (bicyclic) bond motifs is 3. The first kappa shape index (κ1) is 23.9. The molecular formula is C22H22BrN5O6. The van der Waals surface area contributed by atoms with Gasteiger partial charge in [-0.15, -0.1) is 0 Å². The number of primary amides is 1. The van der Waals surface area contributed by atoms with E-state index in [4.69, 9.17) is 17.2 Å². The summed E-state index contributed by atoms with van der Waals surface area (Å²) in [7, 11) is 2.92. The molecular weight excluding hydrogens is 510 g/mol. The molecule has 9 N–H and O–H groups in total. The maximum atomic E-state index is 14.1. The molecule has 1 saturated carbocycles. The maximum Gasteiger partial charge on any atom is 0.255 e. The number of likely N-dealkylation sites (N-methyl/N-ethyl adjacent to an activating group) is 1. The first-order chi connectivity index (χ1) is 15.7. The number of aromatic hydroxyl groups is 1. The summed E-state index contributed by atoms with van der Waals surface area (Å²) in [5, 5.41) is 42.9. The van der Waals surface area contributed by atoms with Gasteiger partial charge in [-0.1, -0.05) is 15.9 Å². The Morgan fingerprint density at radius 3 is 2.38 bits per heavy atom. The molecule has 3 aliphatic carbocycles. The molecule has 0 unspecified atom stereocenters. The van der Waals surface area contributed by atoms with E-state index in [2.05, 4.69) is 15.9 Å². The number of carbonyl (C=O) groups excluding carboxylic acids is 3. The molecule has 3 aliphatic rings. The van der Waals surface area contributed by atoms with Crippen LogP contribution in [0.3, 0.4) is 0 Å². The molecule has 0 heterocycles. The van der Waals surface area contributed by atoms with Gasteiger partial charge in [-0.05, 0) is 44.6 Å². The second-order valence-electron chi connectivity index (χ2n) is 9.20. The molecule has 0 radical (unpaired) electrons. The van der Waals surface area contributed by atoms with Gasteiger partial charge < -0.3 is 32.5 Å². The monoisotopic (exact) mass is 531 g/mol. The van der Waals surface area contributed by atoms with Gasteiger partial charge >= 0.3 is 0 Å². The highest BCUT2D eigenvalue weighted by atomic mass is 79.9. The zero-order chi connectivity index (χ0) is 25.5. The highest BCUT2D eigenvalue weighted by Crippen LogP contribution is 2.58. The predicted molar refractivity (Wildman–Crippen MR) is 122 cm³/mol. The number of aliphatic hydroxyl groups excluding tert-OH is 2. The fourth-order valence-corrected chi connectivity index (χ4v) is 6.27. The van der Waals surface area contributed by atoms with Crippen molar-refractivity contribution < 1.29 is 29.7 Å². The Morgan fingerprint density at radius 1 is 1.24 bits per heavy atom. The summed E-state index contributed by atoms with van der Waals surface area (Å²) in [6.45, 7) is 0. The van der Waals surface area contributed by atoms with Gasteiger partial charge in [-0.3, -0.25) is 19.3 Å². The Labute approximate surface area is 202 Å². The van der Waals surface area contributed by atoms with Crippen LogP contribution < -0.4 is 17.2 Å². The molecule has 4 atom stereocenters. The minimum Gasteiger partial charge on any atom is -0.509 e. The van der Waals surface area contributed by atoms with Crippen molar-refractivity contribution in [3.8, 4) is 11.8 Å². The van der Waals surface area contributed by atoms with Gasteiger partial charge in [0.05, 0.1) is 34.3 Å². The van der Waals surface area contributed by atoms with E-state index in [1.807, 2.05) is 0 Å². The number of nitrogens with two attached hydrogens (primary N) is 3. The standard InChI is InChI=1S/C22H22BrN5O6/c1-28(2)16-15(31)12(19(25)34)17(32)21(7-24)18(33)13-14(30)11-8(9(23)3-4-10(11)29)5-20(13,26)6-22(16,21)27/h3-4,16,29-30,32H,5-6,26-27H2,1-2H3,(H2,25,34)/t16-,20-,21+,22-/m1/s1. The summed E-state index contributed by atoms with van der Waals surface area (Å²) in [5.74, 6) is -5.66. The molecule has 1 aromatic rings. The topological polar surface area (TPSA) is 217 Å². The molecule has 0 bridgehead atoms. The van der Waals surface area contributed by atoms with Crippen LogP contribution in [0.4, 0.5) is 0 Å². The van der Waals surface area contributed by atoms with Crippen LogP contribution in [-0.2, 0) is 20.8 Å². The third-order valence-corrected chi connectivity index (χ3v) is 7.82. The number of phenols is 1. The number of phenolic OH excluding ortho intramolecular Hbond substituents is 1.